The van der Waals surface area contributed by atoms with Crippen LogP contribution in [0, 0.1) is 0 Å². The Kier molecular flexibility index (Phi) is 7.22. The van der Waals surface area contributed by atoms with Crippen molar-refractivity contribution in [3.63, 3.8) is 0 Å². The number of phenolic OH excluding ortho intramolecular Hbond substituents is 1. The van der Waals surface area contributed by atoms with Crippen molar-refractivity contribution in [3.8, 4) is 5.75 Å². The zero-order chi connectivity index (χ0) is 20.5. The average Bonchev–Trinajstić information content (AvgIpc) is 2.71. The zero-order valence-electron chi connectivity index (χ0n) is 16.3. The third-order valence-electron chi connectivity index (χ3n) is 4.64. The molecule has 0 amide bonds. The number of phenols is 1. The van der Waals surface area contributed by atoms with Crippen molar-refractivity contribution in [1.29, 1.82) is 0 Å². The highest BCUT2D eigenvalue weighted by molar-refractivity contribution is 5.97. The number of esters is 1. The number of cyclic esters (lactones) is 1. The second kappa shape index (κ2) is 10.3. The summed E-state index contributed by atoms with van der Waals surface area (Å²) in [4.78, 5) is 24.3. The van der Waals surface area contributed by atoms with E-state index in [0.717, 1.165) is 12.0 Å². The summed E-state index contributed by atoms with van der Waals surface area (Å²) in [5, 5.41) is 13.8. The van der Waals surface area contributed by atoms with Crippen LogP contribution in [-0.4, -0.2) is 23.5 Å². The van der Waals surface area contributed by atoms with Gasteiger partial charge >= 0.3 is 5.97 Å². The summed E-state index contributed by atoms with van der Waals surface area (Å²) in [6, 6.07) is 13.3. The highest BCUT2D eigenvalue weighted by Gasteiger charge is 2.18. The molecule has 29 heavy (non-hydrogen) atoms. The summed E-state index contributed by atoms with van der Waals surface area (Å²) in [7, 11) is 0. The minimum Gasteiger partial charge on any atom is -0.507 e. The Hall–Kier alpha value is -3.34. The van der Waals surface area contributed by atoms with Crippen LogP contribution in [0.2, 0.25) is 0 Å². The summed E-state index contributed by atoms with van der Waals surface area (Å²) in [6.07, 6.45) is 9.42. The topological polar surface area (TPSA) is 75.6 Å². The fourth-order valence-corrected chi connectivity index (χ4v) is 3.11. The van der Waals surface area contributed by atoms with E-state index in [9.17, 15) is 14.7 Å². The number of ether oxygens (including phenoxy) is 1. The third-order valence-corrected chi connectivity index (χ3v) is 4.64. The van der Waals surface area contributed by atoms with Gasteiger partial charge in [0.25, 0.3) is 0 Å². The molecule has 1 heterocycles. The molecule has 0 atom stereocenters. The van der Waals surface area contributed by atoms with Crippen molar-refractivity contribution in [1.82, 2.24) is 0 Å². The van der Waals surface area contributed by atoms with E-state index in [2.05, 4.69) is 5.32 Å². The molecule has 5 heteroatoms. The number of anilines is 1. The molecular formula is C24H25NO4. The Bertz CT molecular complexity index is 916. The molecule has 3 rings (SSSR count). The number of carbonyl (C=O) groups excluding carboxylic acids is 2. The minimum absolute atomic E-state index is 0.0583. The van der Waals surface area contributed by atoms with Crippen LogP contribution in [-0.2, 0) is 16.1 Å². The molecule has 0 saturated carbocycles. The zero-order valence-corrected chi connectivity index (χ0v) is 16.3. The lowest BCUT2D eigenvalue weighted by molar-refractivity contribution is -0.118. The van der Waals surface area contributed by atoms with Gasteiger partial charge in [0, 0.05) is 31.1 Å². The van der Waals surface area contributed by atoms with Crippen molar-refractivity contribution in [2.45, 2.75) is 32.2 Å². The van der Waals surface area contributed by atoms with E-state index < -0.39 is 5.97 Å². The number of carbonyl (C=O) groups is 2. The van der Waals surface area contributed by atoms with Crippen molar-refractivity contribution in [3.05, 3.63) is 77.4 Å². The molecule has 2 aromatic rings. The summed E-state index contributed by atoms with van der Waals surface area (Å²) in [6.45, 7) is 0.656. The van der Waals surface area contributed by atoms with Gasteiger partial charge in [0.05, 0.1) is 0 Å². The monoisotopic (exact) mass is 391 g/mol. The number of aromatic hydroxyl groups is 1. The largest absolute Gasteiger partial charge is 0.507 e. The lowest BCUT2D eigenvalue weighted by Crippen LogP contribution is -2.09. The molecule has 0 spiro atoms. The SMILES string of the molecule is O=C1CC=CCOC(=O)c2c(O)cc(NCc3ccccc3)cc2C=CCCC1. The van der Waals surface area contributed by atoms with Crippen LogP contribution in [0.15, 0.2) is 60.7 Å². The molecule has 150 valence electrons. The Balaban J connectivity index is 1.84. The van der Waals surface area contributed by atoms with Gasteiger partial charge in [-0.05, 0) is 30.0 Å². The fourth-order valence-electron chi connectivity index (χ4n) is 3.11. The van der Waals surface area contributed by atoms with Gasteiger partial charge in [0.2, 0.25) is 0 Å². The smallest absolute Gasteiger partial charge is 0.342 e. The first-order chi connectivity index (χ1) is 14.1. The molecule has 0 saturated heterocycles. The average molecular weight is 391 g/mol. The maximum atomic E-state index is 12.5. The predicted octanol–water partition coefficient (Wildman–Crippen LogP) is 4.87. The molecular weight excluding hydrogens is 366 g/mol. The summed E-state index contributed by atoms with van der Waals surface area (Å²) < 4.78 is 5.25. The van der Waals surface area contributed by atoms with E-state index >= 15 is 0 Å². The van der Waals surface area contributed by atoms with E-state index in [1.54, 1.807) is 18.2 Å². The van der Waals surface area contributed by atoms with Crippen LogP contribution in [0.5, 0.6) is 5.75 Å². The van der Waals surface area contributed by atoms with Crippen LogP contribution in [0.4, 0.5) is 5.69 Å². The van der Waals surface area contributed by atoms with Crippen LogP contribution in [0.1, 0.15) is 47.2 Å². The molecule has 1 aliphatic heterocycles. The quantitative estimate of drug-likeness (QED) is 0.576. The Morgan fingerprint density at radius 2 is 1.86 bits per heavy atom. The molecule has 0 radical (unpaired) electrons. The molecule has 2 N–H and O–H groups in total. The van der Waals surface area contributed by atoms with E-state index in [0.29, 0.717) is 37.1 Å². The van der Waals surface area contributed by atoms with Crippen LogP contribution in [0.3, 0.4) is 0 Å². The first-order valence-electron chi connectivity index (χ1n) is 9.78. The highest BCUT2D eigenvalue weighted by atomic mass is 16.5. The molecule has 0 fully saturated rings. The minimum atomic E-state index is -0.593. The third kappa shape index (κ3) is 6.07. The predicted molar refractivity (Wildman–Crippen MR) is 114 cm³/mol. The molecule has 5 nitrogen and oxygen atoms in total. The van der Waals surface area contributed by atoms with E-state index in [1.807, 2.05) is 42.5 Å². The maximum Gasteiger partial charge on any atom is 0.342 e. The summed E-state index contributed by atoms with van der Waals surface area (Å²) in [5.41, 5.74) is 2.54. The van der Waals surface area contributed by atoms with Crippen molar-refractivity contribution in [2.75, 3.05) is 11.9 Å². The van der Waals surface area contributed by atoms with Gasteiger partial charge in [-0.1, -0.05) is 54.6 Å². The number of benzene rings is 2. The number of rotatable bonds is 3. The Morgan fingerprint density at radius 3 is 2.69 bits per heavy atom. The van der Waals surface area contributed by atoms with Crippen molar-refractivity contribution >= 4 is 23.5 Å². The molecule has 2 aromatic carbocycles. The number of hydrogen-bond acceptors (Lipinski definition) is 5. The van der Waals surface area contributed by atoms with Crippen molar-refractivity contribution in [2.24, 2.45) is 0 Å². The number of ketones is 1. The van der Waals surface area contributed by atoms with Crippen LogP contribution < -0.4 is 5.32 Å². The Labute approximate surface area is 170 Å². The molecule has 0 aromatic heterocycles. The molecule has 0 aliphatic carbocycles. The van der Waals surface area contributed by atoms with Gasteiger partial charge in [-0.3, -0.25) is 4.79 Å². The first kappa shape index (κ1) is 20.4. The van der Waals surface area contributed by atoms with Gasteiger partial charge in [0.1, 0.15) is 23.7 Å². The summed E-state index contributed by atoms with van der Waals surface area (Å²) >= 11 is 0. The normalized spacial score (nSPS) is 15.3. The van der Waals surface area contributed by atoms with Gasteiger partial charge in [-0.15, -0.1) is 0 Å². The number of nitrogens with one attached hydrogen (secondary N) is 1. The Morgan fingerprint density at radius 1 is 1.03 bits per heavy atom. The standard InChI is InChI=1S/C24H25NO4/c26-21-12-6-2-5-11-19-15-20(25-17-18-9-3-1-4-10-18)16-22(27)23(19)24(28)29-14-8-7-13-21/h1,3-5,7-11,15-16,25,27H,2,6,12-14,17H2. The summed E-state index contributed by atoms with van der Waals surface area (Å²) in [5.74, 6) is -0.549. The van der Waals surface area contributed by atoms with Crippen LogP contribution in [0.25, 0.3) is 6.08 Å². The molecule has 0 bridgehead atoms. The van der Waals surface area contributed by atoms with E-state index in [4.69, 9.17) is 4.74 Å². The number of hydrogen-bond donors (Lipinski definition) is 2. The molecule has 1 aliphatic rings. The van der Waals surface area contributed by atoms with Gasteiger partial charge in [-0.25, -0.2) is 4.79 Å². The van der Waals surface area contributed by atoms with Crippen molar-refractivity contribution < 1.29 is 19.4 Å². The lowest BCUT2D eigenvalue weighted by atomic mass is 10.0. The number of Topliss-reactive ketones (excluding diaryl/α,β-unsaturated/α-hetero) is 1. The van der Waals surface area contributed by atoms with E-state index in [1.165, 1.54) is 6.07 Å². The molecule has 0 unspecified atom stereocenters. The highest BCUT2D eigenvalue weighted by Crippen LogP contribution is 2.29. The van der Waals surface area contributed by atoms with Crippen LogP contribution >= 0.6 is 0 Å². The lowest BCUT2D eigenvalue weighted by Gasteiger charge is -2.13. The first-order valence-corrected chi connectivity index (χ1v) is 9.78. The van der Waals surface area contributed by atoms with E-state index in [-0.39, 0.29) is 23.7 Å². The number of allylic oxidation sites excluding steroid dienone is 2. The second-order valence-corrected chi connectivity index (χ2v) is 6.91. The number of fused-ring (bicyclic) bond motifs is 1. The van der Waals surface area contributed by atoms with Gasteiger partial charge in [-0.2, -0.15) is 0 Å². The van der Waals surface area contributed by atoms with Gasteiger partial charge < -0.3 is 15.2 Å². The van der Waals surface area contributed by atoms with Gasteiger partial charge in [0.15, 0.2) is 0 Å². The second-order valence-electron chi connectivity index (χ2n) is 6.91. The maximum absolute atomic E-state index is 12.5. The fraction of sp³-hybridized carbons (Fsp3) is 0.250.